The summed E-state index contributed by atoms with van der Waals surface area (Å²) in [7, 11) is 1.96. The molecule has 1 amide bonds. The van der Waals surface area contributed by atoms with E-state index in [-0.39, 0.29) is 11.3 Å². The summed E-state index contributed by atoms with van der Waals surface area (Å²) in [4.78, 5) is 23.5. The van der Waals surface area contributed by atoms with Crippen molar-refractivity contribution >= 4 is 17.3 Å². The Hall–Kier alpha value is -2.15. The number of nitrogens with two attached hydrogens (primary N) is 1. The van der Waals surface area contributed by atoms with Gasteiger partial charge in [-0.15, -0.1) is 0 Å². The molecule has 0 aromatic heterocycles. The number of hydrogen-bond acceptors (Lipinski definition) is 5. The Balaban J connectivity index is 2.82. The number of anilines is 1. The number of nitro benzene ring substituents is 1. The summed E-state index contributed by atoms with van der Waals surface area (Å²) < 4.78 is 0. The van der Waals surface area contributed by atoms with Crippen LogP contribution in [0.3, 0.4) is 0 Å². The van der Waals surface area contributed by atoms with Crippen molar-refractivity contribution in [2.24, 2.45) is 5.73 Å². The molecule has 3 N–H and O–H groups in total. The van der Waals surface area contributed by atoms with Crippen LogP contribution in [-0.4, -0.2) is 42.4 Å². The van der Waals surface area contributed by atoms with Gasteiger partial charge in [0, 0.05) is 24.7 Å². The second-order valence-electron chi connectivity index (χ2n) is 4.18. The molecular formula is C12H18N4O3. The van der Waals surface area contributed by atoms with Crippen molar-refractivity contribution in [1.29, 1.82) is 0 Å². The van der Waals surface area contributed by atoms with Gasteiger partial charge < -0.3 is 16.0 Å². The zero-order valence-corrected chi connectivity index (χ0v) is 11.0. The third-order valence-corrected chi connectivity index (χ3v) is 2.83. The molecule has 0 aliphatic heterocycles. The van der Waals surface area contributed by atoms with E-state index in [9.17, 15) is 14.9 Å². The Bertz CT molecular complexity index is 476. The van der Waals surface area contributed by atoms with Crippen LogP contribution in [0.2, 0.25) is 0 Å². The number of hydrogen-bond donors (Lipinski definition) is 2. The number of primary amides is 1. The van der Waals surface area contributed by atoms with Gasteiger partial charge in [-0.1, -0.05) is 6.92 Å². The number of nitrogens with one attached hydrogen (secondary N) is 1. The molecule has 0 aliphatic rings. The lowest BCUT2D eigenvalue weighted by Gasteiger charge is -2.14. The smallest absolute Gasteiger partial charge is 0.293 e. The molecule has 0 radical (unpaired) electrons. The lowest BCUT2D eigenvalue weighted by molar-refractivity contribution is -0.384. The number of amides is 1. The topological polar surface area (TPSA) is 102 Å². The van der Waals surface area contributed by atoms with Crippen molar-refractivity contribution in [3.8, 4) is 0 Å². The maximum Gasteiger partial charge on any atom is 0.293 e. The van der Waals surface area contributed by atoms with Gasteiger partial charge >= 0.3 is 0 Å². The van der Waals surface area contributed by atoms with E-state index < -0.39 is 10.8 Å². The van der Waals surface area contributed by atoms with Crippen molar-refractivity contribution < 1.29 is 9.72 Å². The van der Waals surface area contributed by atoms with Crippen molar-refractivity contribution in [1.82, 2.24) is 4.90 Å². The molecule has 1 rings (SSSR count). The van der Waals surface area contributed by atoms with E-state index in [2.05, 4.69) is 10.2 Å². The van der Waals surface area contributed by atoms with E-state index in [4.69, 9.17) is 5.73 Å². The maximum absolute atomic E-state index is 11.0. The predicted molar refractivity (Wildman–Crippen MR) is 73.3 cm³/mol. The van der Waals surface area contributed by atoms with Crippen LogP contribution < -0.4 is 11.1 Å². The van der Waals surface area contributed by atoms with Crippen LogP contribution in [0.5, 0.6) is 0 Å². The van der Waals surface area contributed by atoms with Gasteiger partial charge in [0.1, 0.15) is 5.69 Å². The first-order chi connectivity index (χ1) is 8.95. The fourth-order valence-corrected chi connectivity index (χ4v) is 1.52. The van der Waals surface area contributed by atoms with Crippen molar-refractivity contribution in [2.75, 3.05) is 32.0 Å². The van der Waals surface area contributed by atoms with Gasteiger partial charge in [0.15, 0.2) is 0 Å². The van der Waals surface area contributed by atoms with E-state index in [0.717, 1.165) is 13.1 Å². The average molecular weight is 266 g/mol. The number of carbonyl (C=O) groups excluding carboxylic acids is 1. The van der Waals surface area contributed by atoms with E-state index in [1.54, 1.807) is 0 Å². The summed E-state index contributed by atoms with van der Waals surface area (Å²) in [6.07, 6.45) is 0. The van der Waals surface area contributed by atoms with E-state index >= 15 is 0 Å². The molecule has 0 fully saturated rings. The third-order valence-electron chi connectivity index (χ3n) is 2.83. The third kappa shape index (κ3) is 4.22. The molecule has 0 heterocycles. The minimum Gasteiger partial charge on any atom is -0.378 e. The zero-order valence-electron chi connectivity index (χ0n) is 11.0. The highest BCUT2D eigenvalue weighted by Crippen LogP contribution is 2.25. The van der Waals surface area contributed by atoms with Crippen LogP contribution in [0.4, 0.5) is 11.4 Å². The highest BCUT2D eigenvalue weighted by molar-refractivity contribution is 5.94. The van der Waals surface area contributed by atoms with Crippen LogP contribution in [0.25, 0.3) is 0 Å². The second-order valence-corrected chi connectivity index (χ2v) is 4.18. The number of likely N-dealkylation sites (N-methyl/N-ethyl adjacent to an activating group) is 1. The van der Waals surface area contributed by atoms with Crippen LogP contribution >= 0.6 is 0 Å². The fraction of sp³-hybridized carbons (Fsp3) is 0.417. The second kappa shape index (κ2) is 6.69. The Labute approximate surface area is 111 Å². The molecule has 0 aliphatic carbocycles. The molecule has 0 saturated carbocycles. The van der Waals surface area contributed by atoms with Crippen LogP contribution in [0.15, 0.2) is 18.2 Å². The molecule has 0 atom stereocenters. The van der Waals surface area contributed by atoms with E-state index in [1.165, 1.54) is 18.2 Å². The lowest BCUT2D eigenvalue weighted by Crippen LogP contribution is -2.25. The number of nitrogens with zero attached hydrogens (tertiary/aromatic N) is 2. The quantitative estimate of drug-likeness (QED) is 0.567. The first-order valence-electron chi connectivity index (χ1n) is 5.96. The van der Waals surface area contributed by atoms with E-state index in [1.807, 2.05) is 14.0 Å². The minimum absolute atomic E-state index is 0.128. The molecular weight excluding hydrogens is 248 g/mol. The van der Waals surface area contributed by atoms with Gasteiger partial charge in [0.2, 0.25) is 5.91 Å². The van der Waals surface area contributed by atoms with Gasteiger partial charge in [0.05, 0.1) is 4.92 Å². The minimum atomic E-state index is -0.680. The van der Waals surface area contributed by atoms with Crippen LogP contribution in [0.1, 0.15) is 17.3 Å². The summed E-state index contributed by atoms with van der Waals surface area (Å²) in [6.45, 7) is 4.29. The fourth-order valence-electron chi connectivity index (χ4n) is 1.52. The molecule has 0 bridgehead atoms. The molecule has 1 aromatic carbocycles. The van der Waals surface area contributed by atoms with Gasteiger partial charge in [0.25, 0.3) is 5.69 Å². The zero-order chi connectivity index (χ0) is 14.4. The van der Waals surface area contributed by atoms with Gasteiger partial charge in [-0.25, -0.2) is 0 Å². The number of benzene rings is 1. The Kier molecular flexibility index (Phi) is 5.25. The number of rotatable bonds is 7. The summed E-state index contributed by atoms with van der Waals surface area (Å²) in [6, 6.07) is 4.17. The van der Waals surface area contributed by atoms with Crippen LogP contribution in [0, 0.1) is 10.1 Å². The van der Waals surface area contributed by atoms with Crippen molar-refractivity contribution in [3.63, 3.8) is 0 Å². The highest BCUT2D eigenvalue weighted by Gasteiger charge is 2.16. The molecule has 0 saturated heterocycles. The molecule has 0 spiro atoms. The largest absolute Gasteiger partial charge is 0.378 e. The molecule has 7 nitrogen and oxygen atoms in total. The Morgan fingerprint density at radius 3 is 2.74 bits per heavy atom. The average Bonchev–Trinajstić information content (AvgIpc) is 2.38. The first-order valence-corrected chi connectivity index (χ1v) is 5.96. The van der Waals surface area contributed by atoms with Gasteiger partial charge in [-0.2, -0.15) is 0 Å². The summed E-state index contributed by atoms with van der Waals surface area (Å²) >= 11 is 0. The van der Waals surface area contributed by atoms with Crippen LogP contribution in [-0.2, 0) is 0 Å². The van der Waals surface area contributed by atoms with Gasteiger partial charge in [-0.05, 0) is 25.7 Å². The molecule has 7 heteroatoms. The predicted octanol–water partition coefficient (Wildman–Crippen LogP) is 1.06. The molecule has 0 unspecified atom stereocenters. The molecule has 104 valence electrons. The Morgan fingerprint density at radius 1 is 1.53 bits per heavy atom. The number of carbonyl (C=O) groups is 1. The SMILES string of the molecule is CCN(C)CCNc1ccc(C(N)=O)cc1[N+](=O)[O-]. The molecule has 1 aromatic rings. The Morgan fingerprint density at radius 2 is 2.21 bits per heavy atom. The van der Waals surface area contributed by atoms with Crippen molar-refractivity contribution in [2.45, 2.75) is 6.92 Å². The first kappa shape index (κ1) is 14.9. The summed E-state index contributed by atoms with van der Waals surface area (Å²) in [5.74, 6) is -0.680. The standard InChI is InChI=1S/C12H18N4O3/c1-3-15(2)7-6-14-10-5-4-9(12(13)17)8-11(10)16(18)19/h4-5,8,14H,3,6-7H2,1-2H3,(H2,13,17). The lowest BCUT2D eigenvalue weighted by atomic mass is 10.1. The summed E-state index contributed by atoms with van der Waals surface area (Å²) in [5, 5.41) is 13.9. The van der Waals surface area contributed by atoms with Crippen molar-refractivity contribution in [3.05, 3.63) is 33.9 Å². The maximum atomic E-state index is 11.0. The van der Waals surface area contributed by atoms with Gasteiger partial charge in [-0.3, -0.25) is 14.9 Å². The normalized spacial score (nSPS) is 10.5. The van der Waals surface area contributed by atoms with E-state index in [0.29, 0.717) is 12.2 Å². The molecule has 19 heavy (non-hydrogen) atoms. The monoisotopic (exact) mass is 266 g/mol. The highest BCUT2D eigenvalue weighted by atomic mass is 16.6. The number of nitro groups is 1. The summed E-state index contributed by atoms with van der Waals surface area (Å²) in [5.41, 5.74) is 5.48.